The van der Waals surface area contributed by atoms with E-state index in [2.05, 4.69) is 5.32 Å². The van der Waals surface area contributed by atoms with Gasteiger partial charge in [0.25, 0.3) is 0 Å². The molecule has 0 saturated carbocycles. The molecular formula is C16H13FN2O2. The number of nitrogens with zero attached hydrogens (tertiary/aromatic N) is 1. The van der Waals surface area contributed by atoms with Gasteiger partial charge in [-0.25, -0.2) is 4.39 Å². The summed E-state index contributed by atoms with van der Waals surface area (Å²) in [5.74, 6) is -0.281. The van der Waals surface area contributed by atoms with E-state index in [1.54, 1.807) is 24.3 Å². The summed E-state index contributed by atoms with van der Waals surface area (Å²) in [4.78, 5) is 12.0. The number of ether oxygens (including phenoxy) is 1. The lowest BCUT2D eigenvalue weighted by Gasteiger charge is -2.09. The standard InChI is InChI=1S/C16H13FN2O2/c1-21-15-6-5-13(17)8-12(15)9-16(20)19-14-4-2-3-11(7-14)10-18/h2-8H,9H2,1H3,(H,19,20). The number of amides is 1. The predicted molar refractivity (Wildman–Crippen MR) is 76.4 cm³/mol. The summed E-state index contributed by atoms with van der Waals surface area (Å²) in [5, 5.41) is 11.5. The van der Waals surface area contributed by atoms with Gasteiger partial charge in [-0.3, -0.25) is 4.79 Å². The summed E-state index contributed by atoms with van der Waals surface area (Å²) >= 11 is 0. The van der Waals surface area contributed by atoms with Crippen molar-refractivity contribution in [2.24, 2.45) is 0 Å². The van der Waals surface area contributed by atoms with Gasteiger partial charge in [0.15, 0.2) is 0 Å². The Kier molecular flexibility index (Phi) is 4.52. The number of nitrogens with one attached hydrogen (secondary N) is 1. The fourth-order valence-electron chi connectivity index (χ4n) is 1.93. The van der Waals surface area contributed by atoms with Crippen molar-refractivity contribution in [1.82, 2.24) is 0 Å². The number of carbonyl (C=O) groups is 1. The number of methoxy groups -OCH3 is 1. The first kappa shape index (κ1) is 14.5. The van der Waals surface area contributed by atoms with E-state index in [4.69, 9.17) is 10.00 Å². The van der Waals surface area contributed by atoms with Crippen LogP contribution in [0, 0.1) is 17.1 Å². The van der Waals surface area contributed by atoms with Crippen molar-refractivity contribution < 1.29 is 13.9 Å². The zero-order valence-electron chi connectivity index (χ0n) is 11.4. The topological polar surface area (TPSA) is 62.1 Å². The number of carbonyl (C=O) groups excluding carboxylic acids is 1. The van der Waals surface area contributed by atoms with E-state index in [-0.39, 0.29) is 12.3 Å². The molecule has 4 nitrogen and oxygen atoms in total. The van der Waals surface area contributed by atoms with Gasteiger partial charge in [-0.05, 0) is 36.4 Å². The van der Waals surface area contributed by atoms with Crippen molar-refractivity contribution in [2.45, 2.75) is 6.42 Å². The van der Waals surface area contributed by atoms with E-state index in [1.165, 1.54) is 25.3 Å². The fourth-order valence-corrected chi connectivity index (χ4v) is 1.93. The number of nitriles is 1. The van der Waals surface area contributed by atoms with Gasteiger partial charge in [-0.1, -0.05) is 6.07 Å². The second kappa shape index (κ2) is 6.53. The normalized spacial score (nSPS) is 9.76. The van der Waals surface area contributed by atoms with Crippen molar-refractivity contribution in [3.63, 3.8) is 0 Å². The van der Waals surface area contributed by atoms with E-state index >= 15 is 0 Å². The van der Waals surface area contributed by atoms with Gasteiger partial charge in [0.2, 0.25) is 5.91 Å². The Morgan fingerprint density at radius 3 is 2.86 bits per heavy atom. The molecule has 2 aromatic rings. The third kappa shape index (κ3) is 3.80. The Bertz CT molecular complexity index is 708. The van der Waals surface area contributed by atoms with Crippen molar-refractivity contribution in [2.75, 3.05) is 12.4 Å². The van der Waals surface area contributed by atoms with Crippen LogP contribution in [0.3, 0.4) is 0 Å². The van der Waals surface area contributed by atoms with Crippen molar-refractivity contribution in [1.29, 1.82) is 5.26 Å². The van der Waals surface area contributed by atoms with Crippen LogP contribution >= 0.6 is 0 Å². The molecule has 0 spiro atoms. The summed E-state index contributed by atoms with van der Waals surface area (Å²) in [6.07, 6.45) is -0.0162. The molecular weight excluding hydrogens is 271 g/mol. The van der Waals surface area contributed by atoms with E-state index < -0.39 is 5.82 Å². The van der Waals surface area contributed by atoms with Crippen LogP contribution in [0.5, 0.6) is 5.75 Å². The van der Waals surface area contributed by atoms with E-state index in [0.29, 0.717) is 22.6 Å². The van der Waals surface area contributed by atoms with Crippen LogP contribution in [0.1, 0.15) is 11.1 Å². The minimum atomic E-state index is -0.426. The minimum Gasteiger partial charge on any atom is -0.496 e. The number of benzene rings is 2. The lowest BCUT2D eigenvalue weighted by atomic mass is 10.1. The largest absolute Gasteiger partial charge is 0.496 e. The van der Waals surface area contributed by atoms with Gasteiger partial charge >= 0.3 is 0 Å². The molecule has 2 rings (SSSR count). The molecule has 2 aromatic carbocycles. The van der Waals surface area contributed by atoms with Gasteiger partial charge < -0.3 is 10.1 Å². The second-order valence-corrected chi connectivity index (χ2v) is 4.37. The van der Waals surface area contributed by atoms with Crippen LogP contribution in [-0.4, -0.2) is 13.0 Å². The van der Waals surface area contributed by atoms with Gasteiger partial charge in [-0.2, -0.15) is 5.26 Å². The molecule has 21 heavy (non-hydrogen) atoms. The van der Waals surface area contributed by atoms with Gasteiger partial charge in [0, 0.05) is 11.3 Å². The molecule has 0 aliphatic carbocycles. The Labute approximate surface area is 121 Å². The zero-order valence-corrected chi connectivity index (χ0v) is 11.4. The SMILES string of the molecule is COc1ccc(F)cc1CC(=O)Nc1cccc(C#N)c1. The highest BCUT2D eigenvalue weighted by atomic mass is 19.1. The molecule has 0 heterocycles. The Morgan fingerprint density at radius 1 is 1.33 bits per heavy atom. The maximum Gasteiger partial charge on any atom is 0.228 e. The average Bonchev–Trinajstić information content (AvgIpc) is 2.47. The van der Waals surface area contributed by atoms with Crippen LogP contribution in [0.15, 0.2) is 42.5 Å². The summed E-state index contributed by atoms with van der Waals surface area (Å²) in [7, 11) is 1.46. The summed E-state index contributed by atoms with van der Waals surface area (Å²) in [5.41, 5.74) is 1.44. The third-order valence-electron chi connectivity index (χ3n) is 2.87. The van der Waals surface area contributed by atoms with Crippen LogP contribution in [-0.2, 0) is 11.2 Å². The van der Waals surface area contributed by atoms with E-state index in [9.17, 15) is 9.18 Å². The van der Waals surface area contributed by atoms with Crippen LogP contribution in [0.4, 0.5) is 10.1 Å². The second-order valence-electron chi connectivity index (χ2n) is 4.37. The van der Waals surface area contributed by atoms with Crippen LogP contribution in [0.25, 0.3) is 0 Å². The number of hydrogen-bond donors (Lipinski definition) is 1. The van der Waals surface area contributed by atoms with E-state index in [1.807, 2.05) is 6.07 Å². The molecule has 106 valence electrons. The molecule has 0 aliphatic heterocycles. The predicted octanol–water partition coefficient (Wildman–Crippen LogP) is 2.89. The van der Waals surface area contributed by atoms with Crippen molar-refractivity contribution >= 4 is 11.6 Å². The first-order valence-electron chi connectivity index (χ1n) is 6.25. The monoisotopic (exact) mass is 284 g/mol. The number of hydrogen-bond acceptors (Lipinski definition) is 3. The smallest absolute Gasteiger partial charge is 0.228 e. The molecule has 0 fully saturated rings. The Hall–Kier alpha value is -2.87. The van der Waals surface area contributed by atoms with Crippen LogP contribution in [0.2, 0.25) is 0 Å². The third-order valence-corrected chi connectivity index (χ3v) is 2.87. The van der Waals surface area contributed by atoms with Crippen molar-refractivity contribution in [3.8, 4) is 11.8 Å². The molecule has 1 N–H and O–H groups in total. The molecule has 0 saturated heterocycles. The number of halogens is 1. The highest BCUT2D eigenvalue weighted by Gasteiger charge is 2.10. The summed E-state index contributed by atoms with van der Waals surface area (Å²) in [6.45, 7) is 0. The van der Waals surface area contributed by atoms with Gasteiger partial charge in [0.1, 0.15) is 11.6 Å². The molecule has 5 heteroatoms. The summed E-state index contributed by atoms with van der Waals surface area (Å²) in [6, 6.07) is 12.6. The molecule has 0 unspecified atom stereocenters. The molecule has 0 bridgehead atoms. The maximum absolute atomic E-state index is 13.2. The van der Waals surface area contributed by atoms with Gasteiger partial charge in [0.05, 0.1) is 25.2 Å². The quantitative estimate of drug-likeness (QED) is 0.939. The molecule has 1 amide bonds. The van der Waals surface area contributed by atoms with Crippen molar-refractivity contribution in [3.05, 3.63) is 59.4 Å². The number of rotatable bonds is 4. The molecule has 0 aliphatic rings. The highest BCUT2D eigenvalue weighted by Crippen LogP contribution is 2.20. The maximum atomic E-state index is 13.2. The minimum absolute atomic E-state index is 0.0162. The molecule has 0 radical (unpaired) electrons. The van der Waals surface area contributed by atoms with E-state index in [0.717, 1.165) is 0 Å². The summed E-state index contributed by atoms with van der Waals surface area (Å²) < 4.78 is 18.3. The Balaban J connectivity index is 2.11. The van der Waals surface area contributed by atoms with Crippen LogP contribution < -0.4 is 10.1 Å². The zero-order chi connectivity index (χ0) is 15.2. The average molecular weight is 284 g/mol. The highest BCUT2D eigenvalue weighted by molar-refractivity contribution is 5.92. The molecule has 0 atom stereocenters. The molecule has 0 aromatic heterocycles. The number of anilines is 1. The lowest BCUT2D eigenvalue weighted by molar-refractivity contribution is -0.115. The fraction of sp³-hybridized carbons (Fsp3) is 0.125. The Morgan fingerprint density at radius 2 is 2.14 bits per heavy atom. The lowest BCUT2D eigenvalue weighted by Crippen LogP contribution is -2.15. The first-order chi connectivity index (χ1) is 10.1. The van der Waals surface area contributed by atoms with Gasteiger partial charge in [-0.15, -0.1) is 0 Å². The first-order valence-corrected chi connectivity index (χ1v) is 6.25.